The fraction of sp³-hybridized carbons (Fsp3) is 0.600. The van der Waals surface area contributed by atoms with Crippen molar-refractivity contribution in [3.05, 3.63) is 24.2 Å². The molecule has 3 nitrogen and oxygen atoms in total. The van der Waals surface area contributed by atoms with E-state index in [1.807, 2.05) is 24.0 Å². The lowest BCUT2D eigenvalue weighted by atomic mass is 9.97. The van der Waals surface area contributed by atoms with Crippen LogP contribution in [0.1, 0.15) is 44.7 Å². The van der Waals surface area contributed by atoms with Crippen molar-refractivity contribution in [3.8, 4) is 0 Å². The van der Waals surface area contributed by atoms with Gasteiger partial charge < -0.3 is 4.57 Å². The van der Waals surface area contributed by atoms with Gasteiger partial charge in [-0.25, -0.2) is 9.97 Å². The molecule has 0 radical (unpaired) electrons. The number of rotatable bonds is 2. The molecule has 1 saturated heterocycles. The Balaban J connectivity index is 2.10. The first kappa shape index (κ1) is 13.0. The van der Waals surface area contributed by atoms with E-state index in [2.05, 4.69) is 36.4 Å². The second kappa shape index (κ2) is 4.82. The second-order valence-corrected chi connectivity index (χ2v) is 7.78. The van der Waals surface area contributed by atoms with Crippen LogP contribution in [-0.4, -0.2) is 20.3 Å². The van der Waals surface area contributed by atoms with E-state index < -0.39 is 0 Å². The number of imidazole rings is 1. The number of nitrogens with zero attached hydrogens (tertiary/aromatic N) is 3. The summed E-state index contributed by atoms with van der Waals surface area (Å²) in [5.41, 5.74) is 2.32. The standard InChI is InChI=1S/C15H21N3S/c1-15(2,3)10-18-13-11(6-4-8-16-13)17-14(18)12-7-5-9-19-12/h4,6,8,12H,5,7,9-10H2,1-3H3. The molecular weight excluding hydrogens is 254 g/mol. The minimum Gasteiger partial charge on any atom is -0.311 e. The molecule has 3 rings (SSSR count). The van der Waals surface area contributed by atoms with Crippen LogP contribution in [-0.2, 0) is 6.54 Å². The summed E-state index contributed by atoms with van der Waals surface area (Å²) in [6.45, 7) is 7.79. The Labute approximate surface area is 118 Å². The molecule has 0 N–H and O–H groups in total. The highest BCUT2D eigenvalue weighted by Gasteiger charge is 2.26. The minimum absolute atomic E-state index is 0.239. The summed E-state index contributed by atoms with van der Waals surface area (Å²) in [4.78, 5) is 9.41. The molecule has 0 bridgehead atoms. The molecule has 0 saturated carbocycles. The first-order chi connectivity index (χ1) is 9.04. The van der Waals surface area contributed by atoms with Gasteiger partial charge in [-0.1, -0.05) is 20.8 Å². The van der Waals surface area contributed by atoms with Gasteiger partial charge in [0, 0.05) is 12.7 Å². The number of hydrogen-bond acceptors (Lipinski definition) is 3. The van der Waals surface area contributed by atoms with Gasteiger partial charge in [-0.2, -0.15) is 11.8 Å². The van der Waals surface area contributed by atoms with Crippen molar-refractivity contribution in [2.75, 3.05) is 5.75 Å². The van der Waals surface area contributed by atoms with Crippen molar-refractivity contribution in [2.45, 2.75) is 45.4 Å². The lowest BCUT2D eigenvalue weighted by molar-refractivity contribution is 0.341. The number of thioether (sulfide) groups is 1. The van der Waals surface area contributed by atoms with Crippen LogP contribution in [0.15, 0.2) is 18.3 Å². The molecule has 2 aromatic rings. The van der Waals surface area contributed by atoms with Crippen molar-refractivity contribution in [3.63, 3.8) is 0 Å². The van der Waals surface area contributed by atoms with Crippen molar-refractivity contribution in [1.29, 1.82) is 0 Å². The normalized spacial score (nSPS) is 20.3. The molecule has 0 aromatic carbocycles. The van der Waals surface area contributed by atoms with Gasteiger partial charge >= 0.3 is 0 Å². The van der Waals surface area contributed by atoms with Crippen molar-refractivity contribution in [2.24, 2.45) is 5.41 Å². The summed E-state index contributed by atoms with van der Waals surface area (Å²) in [5, 5.41) is 0.552. The largest absolute Gasteiger partial charge is 0.311 e. The first-order valence-electron chi connectivity index (χ1n) is 6.97. The van der Waals surface area contributed by atoms with Crippen LogP contribution in [0.3, 0.4) is 0 Å². The van der Waals surface area contributed by atoms with Crippen LogP contribution < -0.4 is 0 Å². The van der Waals surface area contributed by atoms with Crippen LogP contribution in [0.25, 0.3) is 11.2 Å². The average Bonchev–Trinajstić information content (AvgIpc) is 2.95. The Kier molecular flexibility index (Phi) is 3.29. The Morgan fingerprint density at radius 3 is 2.95 bits per heavy atom. The monoisotopic (exact) mass is 275 g/mol. The predicted octanol–water partition coefficient (Wildman–Crippen LogP) is 4.05. The van der Waals surface area contributed by atoms with E-state index in [0.717, 1.165) is 17.7 Å². The molecule has 0 spiro atoms. The van der Waals surface area contributed by atoms with Crippen LogP contribution in [0.2, 0.25) is 0 Å². The zero-order chi connectivity index (χ0) is 13.5. The van der Waals surface area contributed by atoms with Crippen LogP contribution in [0.4, 0.5) is 0 Å². The van der Waals surface area contributed by atoms with Gasteiger partial charge in [0.1, 0.15) is 11.3 Å². The van der Waals surface area contributed by atoms with Crippen molar-refractivity contribution >= 4 is 22.9 Å². The molecule has 1 fully saturated rings. The van der Waals surface area contributed by atoms with Crippen molar-refractivity contribution in [1.82, 2.24) is 14.5 Å². The molecule has 2 aromatic heterocycles. The van der Waals surface area contributed by atoms with Gasteiger partial charge in [0.05, 0.1) is 5.25 Å². The number of pyridine rings is 1. The summed E-state index contributed by atoms with van der Waals surface area (Å²) in [7, 11) is 0. The maximum atomic E-state index is 4.86. The Hall–Kier alpha value is -1.03. The smallest absolute Gasteiger partial charge is 0.160 e. The van der Waals surface area contributed by atoms with Crippen LogP contribution in [0.5, 0.6) is 0 Å². The third kappa shape index (κ3) is 2.64. The highest BCUT2D eigenvalue weighted by atomic mass is 32.2. The SMILES string of the molecule is CC(C)(C)Cn1c(C2CCCS2)nc2cccnc21. The zero-order valence-electron chi connectivity index (χ0n) is 11.9. The lowest BCUT2D eigenvalue weighted by Gasteiger charge is -2.22. The molecule has 1 atom stereocenters. The topological polar surface area (TPSA) is 30.7 Å². The quantitative estimate of drug-likeness (QED) is 0.828. The van der Waals surface area contributed by atoms with Gasteiger partial charge in [0.2, 0.25) is 0 Å². The van der Waals surface area contributed by atoms with Gasteiger partial charge in [0.25, 0.3) is 0 Å². The first-order valence-corrected chi connectivity index (χ1v) is 8.02. The van der Waals surface area contributed by atoms with Crippen LogP contribution in [0, 0.1) is 5.41 Å². The Bertz CT molecular complexity index is 577. The molecule has 0 aliphatic carbocycles. The van der Waals surface area contributed by atoms with E-state index in [1.165, 1.54) is 24.4 Å². The Morgan fingerprint density at radius 1 is 1.42 bits per heavy atom. The summed E-state index contributed by atoms with van der Waals surface area (Å²) in [6.07, 6.45) is 4.42. The molecule has 1 aliphatic heterocycles. The zero-order valence-corrected chi connectivity index (χ0v) is 12.7. The van der Waals surface area contributed by atoms with Gasteiger partial charge in [-0.05, 0) is 36.1 Å². The molecule has 4 heteroatoms. The van der Waals surface area contributed by atoms with E-state index in [9.17, 15) is 0 Å². The highest BCUT2D eigenvalue weighted by Crippen LogP contribution is 2.40. The summed E-state index contributed by atoms with van der Waals surface area (Å²) in [5.74, 6) is 2.49. The second-order valence-electron chi connectivity index (χ2n) is 6.46. The Morgan fingerprint density at radius 2 is 2.26 bits per heavy atom. The van der Waals surface area contributed by atoms with E-state index in [1.54, 1.807) is 0 Å². The number of fused-ring (bicyclic) bond motifs is 1. The van der Waals surface area contributed by atoms with E-state index in [-0.39, 0.29) is 5.41 Å². The summed E-state index contributed by atoms with van der Waals surface area (Å²) < 4.78 is 2.35. The van der Waals surface area contributed by atoms with E-state index in [0.29, 0.717) is 5.25 Å². The minimum atomic E-state index is 0.239. The molecule has 102 valence electrons. The maximum Gasteiger partial charge on any atom is 0.160 e. The van der Waals surface area contributed by atoms with Gasteiger partial charge in [-0.15, -0.1) is 0 Å². The van der Waals surface area contributed by atoms with E-state index in [4.69, 9.17) is 4.98 Å². The molecule has 3 heterocycles. The number of aromatic nitrogens is 3. The third-order valence-corrected chi connectivity index (χ3v) is 4.76. The lowest BCUT2D eigenvalue weighted by Crippen LogP contribution is -2.18. The van der Waals surface area contributed by atoms with Gasteiger partial charge in [-0.3, -0.25) is 0 Å². The summed E-state index contributed by atoms with van der Waals surface area (Å²) >= 11 is 2.04. The van der Waals surface area contributed by atoms with Crippen LogP contribution >= 0.6 is 11.8 Å². The fourth-order valence-corrected chi connectivity index (χ4v) is 3.91. The van der Waals surface area contributed by atoms with E-state index >= 15 is 0 Å². The molecular formula is C15H21N3S. The highest BCUT2D eigenvalue weighted by molar-refractivity contribution is 7.99. The third-order valence-electron chi connectivity index (χ3n) is 3.38. The molecule has 1 aliphatic rings. The fourth-order valence-electron chi connectivity index (χ4n) is 2.63. The molecule has 19 heavy (non-hydrogen) atoms. The molecule has 0 amide bonds. The van der Waals surface area contributed by atoms with Crippen molar-refractivity contribution < 1.29 is 0 Å². The predicted molar refractivity (Wildman–Crippen MR) is 81.4 cm³/mol. The van der Waals surface area contributed by atoms with Gasteiger partial charge in [0.15, 0.2) is 5.65 Å². The number of hydrogen-bond donors (Lipinski definition) is 0. The average molecular weight is 275 g/mol. The summed E-state index contributed by atoms with van der Waals surface area (Å²) in [6, 6.07) is 4.05. The maximum absolute atomic E-state index is 4.86. The molecule has 1 unspecified atom stereocenters.